The Morgan fingerprint density at radius 2 is 2.25 bits per heavy atom. The van der Waals surface area contributed by atoms with E-state index in [2.05, 4.69) is 42.4 Å². The van der Waals surface area contributed by atoms with Crippen molar-refractivity contribution in [3.63, 3.8) is 0 Å². The average molecular weight is 288 g/mol. The first kappa shape index (κ1) is 13.7. The van der Waals surface area contributed by atoms with Gasteiger partial charge in [-0.3, -0.25) is 4.68 Å². The van der Waals surface area contributed by atoms with Gasteiger partial charge in [-0.05, 0) is 38.0 Å². The van der Waals surface area contributed by atoms with Crippen LogP contribution in [0, 0.1) is 6.92 Å². The van der Waals surface area contributed by atoms with Gasteiger partial charge < -0.3 is 5.11 Å². The van der Waals surface area contributed by atoms with Crippen molar-refractivity contribution in [1.82, 2.24) is 9.78 Å². The number of hydrogen-bond donors (Lipinski definition) is 1. The van der Waals surface area contributed by atoms with Crippen molar-refractivity contribution in [1.29, 1.82) is 0 Å². The third kappa shape index (κ3) is 2.63. The number of nitrogens with zero attached hydrogens (tertiary/aromatic N) is 2. The molecule has 0 radical (unpaired) electrons. The van der Waals surface area contributed by atoms with Crippen molar-refractivity contribution in [2.75, 3.05) is 0 Å². The highest BCUT2D eigenvalue weighted by atomic mass is 32.2. The van der Waals surface area contributed by atoms with E-state index in [9.17, 15) is 5.11 Å². The van der Waals surface area contributed by atoms with Crippen LogP contribution >= 0.6 is 11.8 Å². The fourth-order valence-corrected chi connectivity index (χ4v) is 4.11. The molecule has 20 heavy (non-hydrogen) atoms. The standard InChI is InChI=1S/C16H20N2OS/c1-3-18-13(8-11(2)17-18)10-14(19)16-9-12-6-4-5-7-15(12)20-16/h4-8,14,16,19H,3,9-10H2,1-2H3. The highest BCUT2D eigenvalue weighted by molar-refractivity contribution is 8.00. The molecule has 3 rings (SSSR count). The van der Waals surface area contributed by atoms with Crippen molar-refractivity contribution in [3.05, 3.63) is 47.3 Å². The molecule has 1 N–H and O–H groups in total. The Bertz CT molecular complexity index is 583. The Morgan fingerprint density at radius 1 is 1.45 bits per heavy atom. The van der Waals surface area contributed by atoms with E-state index in [1.54, 1.807) is 11.8 Å². The van der Waals surface area contributed by atoms with Gasteiger partial charge in [-0.25, -0.2) is 0 Å². The molecular weight excluding hydrogens is 268 g/mol. The van der Waals surface area contributed by atoms with Gasteiger partial charge in [0.1, 0.15) is 0 Å². The lowest BCUT2D eigenvalue weighted by Gasteiger charge is -2.17. The van der Waals surface area contributed by atoms with Crippen LogP contribution in [-0.4, -0.2) is 26.2 Å². The van der Waals surface area contributed by atoms with Gasteiger partial charge in [0.25, 0.3) is 0 Å². The summed E-state index contributed by atoms with van der Waals surface area (Å²) in [5.41, 5.74) is 3.52. The molecule has 4 heteroatoms. The van der Waals surface area contributed by atoms with Crippen LogP contribution in [0.2, 0.25) is 0 Å². The third-order valence-electron chi connectivity index (χ3n) is 3.80. The molecule has 2 atom stereocenters. The lowest BCUT2D eigenvalue weighted by Crippen LogP contribution is -2.26. The van der Waals surface area contributed by atoms with Crippen LogP contribution in [0.15, 0.2) is 35.2 Å². The molecule has 0 spiro atoms. The second-order valence-corrected chi connectivity index (χ2v) is 6.61. The van der Waals surface area contributed by atoms with Crippen LogP contribution in [0.4, 0.5) is 0 Å². The van der Waals surface area contributed by atoms with E-state index < -0.39 is 0 Å². The van der Waals surface area contributed by atoms with E-state index in [1.807, 2.05) is 11.6 Å². The van der Waals surface area contributed by atoms with Crippen molar-refractivity contribution < 1.29 is 5.11 Å². The minimum absolute atomic E-state index is 0.257. The minimum Gasteiger partial charge on any atom is -0.392 e. The normalized spacial score (nSPS) is 19.1. The molecule has 0 amide bonds. The summed E-state index contributed by atoms with van der Waals surface area (Å²) < 4.78 is 1.99. The Morgan fingerprint density at radius 3 is 3.00 bits per heavy atom. The molecule has 2 unspecified atom stereocenters. The number of benzene rings is 1. The lowest BCUT2D eigenvalue weighted by molar-refractivity contribution is 0.169. The quantitative estimate of drug-likeness (QED) is 0.940. The van der Waals surface area contributed by atoms with Crippen molar-refractivity contribution in [3.8, 4) is 0 Å². The molecule has 0 bridgehead atoms. The molecule has 1 aliphatic rings. The van der Waals surface area contributed by atoms with E-state index in [0.29, 0.717) is 6.42 Å². The predicted octanol–water partition coefficient (Wildman–Crippen LogP) is 2.83. The summed E-state index contributed by atoms with van der Waals surface area (Å²) in [6, 6.07) is 10.5. The molecule has 0 saturated heterocycles. The van der Waals surface area contributed by atoms with Crippen molar-refractivity contribution in [2.45, 2.75) is 49.5 Å². The number of thioether (sulfide) groups is 1. The first-order valence-electron chi connectivity index (χ1n) is 7.13. The van der Waals surface area contributed by atoms with Gasteiger partial charge in [-0.2, -0.15) is 5.10 Å². The Labute approximate surface area is 124 Å². The van der Waals surface area contributed by atoms with Gasteiger partial charge in [0.15, 0.2) is 0 Å². The van der Waals surface area contributed by atoms with E-state index >= 15 is 0 Å². The summed E-state index contributed by atoms with van der Waals surface area (Å²) >= 11 is 1.80. The number of aliphatic hydroxyl groups is 1. The zero-order valence-corrected chi connectivity index (χ0v) is 12.7. The first-order chi connectivity index (χ1) is 9.67. The molecule has 2 heterocycles. The van der Waals surface area contributed by atoms with E-state index in [0.717, 1.165) is 24.4 Å². The Kier molecular flexibility index (Phi) is 3.85. The van der Waals surface area contributed by atoms with Crippen LogP contribution in [0.1, 0.15) is 23.9 Å². The maximum atomic E-state index is 10.5. The molecule has 3 nitrogen and oxygen atoms in total. The number of rotatable bonds is 4. The second-order valence-electron chi connectivity index (χ2n) is 5.33. The summed E-state index contributed by atoms with van der Waals surface area (Å²) in [4.78, 5) is 1.32. The van der Waals surface area contributed by atoms with Gasteiger partial charge >= 0.3 is 0 Å². The number of aromatic nitrogens is 2. The summed E-state index contributed by atoms with van der Waals surface area (Å²) in [6.07, 6.45) is 1.32. The minimum atomic E-state index is -0.325. The summed E-state index contributed by atoms with van der Waals surface area (Å²) in [5, 5.41) is 15.2. The third-order valence-corrected chi connectivity index (χ3v) is 5.24. The number of aliphatic hydroxyl groups excluding tert-OH is 1. The Hall–Kier alpha value is -1.26. The van der Waals surface area contributed by atoms with Gasteiger partial charge in [0.05, 0.1) is 11.8 Å². The summed E-state index contributed by atoms with van der Waals surface area (Å²) in [6.45, 7) is 4.94. The monoisotopic (exact) mass is 288 g/mol. The van der Waals surface area contributed by atoms with Crippen LogP contribution < -0.4 is 0 Å². The fraction of sp³-hybridized carbons (Fsp3) is 0.438. The zero-order valence-electron chi connectivity index (χ0n) is 11.9. The van der Waals surface area contributed by atoms with Crippen LogP contribution in [0.5, 0.6) is 0 Å². The van der Waals surface area contributed by atoms with Crippen LogP contribution in [-0.2, 0) is 19.4 Å². The highest BCUT2D eigenvalue weighted by Gasteiger charge is 2.28. The maximum Gasteiger partial charge on any atom is 0.0720 e. The van der Waals surface area contributed by atoms with Crippen molar-refractivity contribution >= 4 is 11.8 Å². The number of fused-ring (bicyclic) bond motifs is 1. The number of hydrogen-bond acceptors (Lipinski definition) is 3. The molecule has 0 fully saturated rings. The smallest absolute Gasteiger partial charge is 0.0720 e. The highest BCUT2D eigenvalue weighted by Crippen LogP contribution is 2.38. The summed E-state index contributed by atoms with van der Waals surface area (Å²) in [7, 11) is 0. The van der Waals surface area contributed by atoms with Crippen molar-refractivity contribution in [2.24, 2.45) is 0 Å². The van der Waals surface area contributed by atoms with Crippen LogP contribution in [0.25, 0.3) is 0 Å². The molecule has 1 aromatic heterocycles. The Balaban J connectivity index is 1.70. The largest absolute Gasteiger partial charge is 0.392 e. The molecule has 1 aliphatic heterocycles. The predicted molar refractivity (Wildman–Crippen MR) is 82.1 cm³/mol. The fourth-order valence-electron chi connectivity index (χ4n) is 2.81. The molecule has 0 saturated carbocycles. The van der Waals surface area contributed by atoms with Gasteiger partial charge in [0, 0.05) is 28.8 Å². The lowest BCUT2D eigenvalue weighted by atomic mass is 10.0. The average Bonchev–Trinajstić information content (AvgIpc) is 3.01. The summed E-state index contributed by atoms with van der Waals surface area (Å²) in [5.74, 6) is 0. The SMILES string of the molecule is CCn1nc(C)cc1CC(O)C1Cc2ccccc2S1. The zero-order chi connectivity index (χ0) is 14.1. The van der Waals surface area contributed by atoms with Gasteiger partial charge in [-0.1, -0.05) is 18.2 Å². The van der Waals surface area contributed by atoms with Gasteiger partial charge in [0.2, 0.25) is 0 Å². The van der Waals surface area contributed by atoms with Gasteiger partial charge in [-0.15, -0.1) is 11.8 Å². The van der Waals surface area contributed by atoms with E-state index in [4.69, 9.17) is 0 Å². The molecule has 0 aliphatic carbocycles. The van der Waals surface area contributed by atoms with E-state index in [-0.39, 0.29) is 11.4 Å². The maximum absolute atomic E-state index is 10.5. The second kappa shape index (κ2) is 5.62. The topological polar surface area (TPSA) is 38.0 Å². The molecular formula is C16H20N2OS. The molecule has 2 aromatic rings. The number of aryl methyl sites for hydroxylation is 2. The molecule has 1 aromatic carbocycles. The van der Waals surface area contributed by atoms with Crippen LogP contribution in [0.3, 0.4) is 0 Å². The van der Waals surface area contributed by atoms with E-state index in [1.165, 1.54) is 10.5 Å². The first-order valence-corrected chi connectivity index (χ1v) is 8.01. The molecule has 106 valence electrons.